The highest BCUT2D eigenvalue weighted by Crippen LogP contribution is 2.14. The zero-order chi connectivity index (χ0) is 13.9. The number of aryl methyl sites for hydroxylation is 2. The van der Waals surface area contributed by atoms with E-state index in [9.17, 15) is 4.21 Å². The van der Waals surface area contributed by atoms with Crippen molar-refractivity contribution in [1.82, 2.24) is 0 Å². The van der Waals surface area contributed by atoms with Gasteiger partial charge in [0.05, 0.1) is 4.75 Å². The third-order valence-electron chi connectivity index (χ3n) is 2.79. The predicted octanol–water partition coefficient (Wildman–Crippen LogP) is 3.77. The summed E-state index contributed by atoms with van der Waals surface area (Å²) in [5.74, 6) is 0. The summed E-state index contributed by atoms with van der Waals surface area (Å²) in [5, 5.41) is 0. The van der Waals surface area contributed by atoms with Gasteiger partial charge in [0.2, 0.25) is 0 Å². The van der Waals surface area contributed by atoms with Crippen molar-refractivity contribution in [3.05, 3.63) is 34.9 Å². The Morgan fingerprint density at radius 1 is 1.22 bits per heavy atom. The van der Waals surface area contributed by atoms with Crippen molar-refractivity contribution in [3.8, 4) is 0 Å². The quantitative estimate of drug-likeness (QED) is 0.765. The normalized spacial score (nSPS) is 14.7. The fraction of sp³-hybridized carbons (Fsp3) is 0.533. The van der Waals surface area contributed by atoms with E-state index >= 15 is 0 Å². The lowest BCUT2D eigenvalue weighted by Gasteiger charge is -2.14. The number of benzene rings is 1. The molecule has 0 saturated carbocycles. The van der Waals surface area contributed by atoms with Crippen molar-refractivity contribution in [2.75, 3.05) is 0 Å². The largest absolute Gasteiger partial charge is 0.234 e. The molecule has 0 amide bonds. The molecular formula is C15H23NOS. The molecule has 0 heterocycles. The summed E-state index contributed by atoms with van der Waals surface area (Å²) >= 11 is 0. The Kier molecular flexibility index (Phi) is 4.85. The molecule has 1 aromatic carbocycles. The van der Waals surface area contributed by atoms with Crippen LogP contribution in [0.3, 0.4) is 0 Å². The summed E-state index contributed by atoms with van der Waals surface area (Å²) in [6.45, 7) is 12.0. The van der Waals surface area contributed by atoms with Crippen molar-refractivity contribution in [2.24, 2.45) is 4.40 Å². The molecule has 3 heteroatoms. The molecule has 0 spiro atoms. The van der Waals surface area contributed by atoms with E-state index in [1.807, 2.05) is 27.7 Å². The Morgan fingerprint density at radius 2 is 1.83 bits per heavy atom. The minimum absolute atomic E-state index is 0.287. The molecule has 0 aromatic heterocycles. The van der Waals surface area contributed by atoms with E-state index in [-0.39, 0.29) is 4.75 Å². The van der Waals surface area contributed by atoms with Crippen LogP contribution in [0.4, 0.5) is 0 Å². The fourth-order valence-corrected chi connectivity index (χ4v) is 2.14. The van der Waals surface area contributed by atoms with Crippen LogP contribution in [0.25, 0.3) is 0 Å². The molecule has 2 nitrogen and oxygen atoms in total. The van der Waals surface area contributed by atoms with Crippen molar-refractivity contribution < 1.29 is 4.21 Å². The second kappa shape index (κ2) is 5.79. The van der Waals surface area contributed by atoms with E-state index in [0.29, 0.717) is 0 Å². The van der Waals surface area contributed by atoms with Gasteiger partial charge in [-0.25, -0.2) is 4.21 Å². The van der Waals surface area contributed by atoms with Crippen LogP contribution in [0.2, 0.25) is 0 Å². The number of nitrogens with zero attached hydrogens (tertiary/aromatic N) is 1. The summed E-state index contributed by atoms with van der Waals surface area (Å²) in [6.07, 6.45) is 0.767. The van der Waals surface area contributed by atoms with Crippen LogP contribution in [0.1, 0.15) is 44.4 Å². The minimum Gasteiger partial charge on any atom is -0.234 e. The Labute approximate surface area is 113 Å². The molecule has 0 aliphatic rings. The summed E-state index contributed by atoms with van der Waals surface area (Å²) in [7, 11) is -1.16. The van der Waals surface area contributed by atoms with E-state index in [2.05, 4.69) is 36.4 Å². The Morgan fingerprint density at radius 3 is 2.33 bits per heavy atom. The molecule has 0 N–H and O–H groups in total. The van der Waals surface area contributed by atoms with E-state index < -0.39 is 11.0 Å². The Hall–Kier alpha value is -0.960. The lowest BCUT2D eigenvalue weighted by atomic mass is 10.0. The predicted molar refractivity (Wildman–Crippen MR) is 80.6 cm³/mol. The minimum atomic E-state index is -1.16. The Bertz CT molecular complexity index is 484. The first kappa shape index (κ1) is 15.1. The van der Waals surface area contributed by atoms with Gasteiger partial charge in [-0.15, -0.1) is 0 Å². The third kappa shape index (κ3) is 4.37. The van der Waals surface area contributed by atoms with Crippen molar-refractivity contribution in [1.29, 1.82) is 0 Å². The van der Waals surface area contributed by atoms with Crippen LogP contribution in [-0.4, -0.2) is 14.7 Å². The van der Waals surface area contributed by atoms with Gasteiger partial charge in [-0.1, -0.05) is 18.2 Å². The second-order valence-corrected chi connectivity index (χ2v) is 7.69. The van der Waals surface area contributed by atoms with Gasteiger partial charge in [0.15, 0.2) is 0 Å². The molecule has 0 aliphatic heterocycles. The SMILES string of the molecule is CC(Cc1ccc(C)c(C)c1)=N[S@@](=O)C(C)(C)C. The maximum atomic E-state index is 11.9. The third-order valence-corrected chi connectivity index (χ3v) is 4.32. The number of hydrogen-bond acceptors (Lipinski definition) is 1. The first-order valence-corrected chi connectivity index (χ1v) is 7.33. The lowest BCUT2D eigenvalue weighted by molar-refractivity contribution is 0.650. The van der Waals surface area contributed by atoms with Crippen molar-refractivity contribution in [3.63, 3.8) is 0 Å². The molecule has 1 rings (SSSR count). The molecular weight excluding hydrogens is 242 g/mol. The average molecular weight is 265 g/mol. The van der Waals surface area contributed by atoms with Crippen molar-refractivity contribution in [2.45, 2.75) is 52.7 Å². The molecule has 0 aliphatic carbocycles. The van der Waals surface area contributed by atoms with Gasteiger partial charge in [0.1, 0.15) is 11.0 Å². The van der Waals surface area contributed by atoms with Gasteiger partial charge >= 0.3 is 0 Å². The van der Waals surface area contributed by atoms with Gasteiger partial charge < -0.3 is 0 Å². The van der Waals surface area contributed by atoms with Gasteiger partial charge in [0.25, 0.3) is 0 Å². The monoisotopic (exact) mass is 265 g/mol. The number of rotatable bonds is 3. The van der Waals surface area contributed by atoms with E-state index in [4.69, 9.17) is 0 Å². The summed E-state index contributed by atoms with van der Waals surface area (Å²) in [5.41, 5.74) is 4.74. The van der Waals surface area contributed by atoms with E-state index in [1.165, 1.54) is 16.7 Å². The van der Waals surface area contributed by atoms with Gasteiger partial charge in [-0.2, -0.15) is 4.40 Å². The highest BCUT2D eigenvalue weighted by molar-refractivity contribution is 7.85. The molecule has 0 saturated heterocycles. The average Bonchev–Trinajstić information content (AvgIpc) is 2.22. The van der Waals surface area contributed by atoms with Crippen LogP contribution in [-0.2, 0) is 17.4 Å². The van der Waals surface area contributed by atoms with Crippen LogP contribution in [0.5, 0.6) is 0 Å². The van der Waals surface area contributed by atoms with Crippen LogP contribution < -0.4 is 0 Å². The molecule has 1 atom stereocenters. The van der Waals surface area contributed by atoms with Gasteiger partial charge in [-0.3, -0.25) is 0 Å². The van der Waals surface area contributed by atoms with Crippen LogP contribution >= 0.6 is 0 Å². The summed E-state index contributed by atoms with van der Waals surface area (Å²) in [4.78, 5) is 0. The first-order valence-electron chi connectivity index (χ1n) is 6.22. The maximum absolute atomic E-state index is 11.9. The number of hydrogen-bond donors (Lipinski definition) is 0. The summed E-state index contributed by atoms with van der Waals surface area (Å²) < 4.78 is 15.9. The van der Waals surface area contributed by atoms with E-state index in [0.717, 1.165) is 12.1 Å². The van der Waals surface area contributed by atoms with Gasteiger partial charge in [-0.05, 0) is 58.2 Å². The zero-order valence-electron chi connectivity index (χ0n) is 12.2. The van der Waals surface area contributed by atoms with Crippen LogP contribution in [0, 0.1) is 13.8 Å². The molecule has 100 valence electrons. The fourth-order valence-electron chi connectivity index (χ4n) is 1.52. The van der Waals surface area contributed by atoms with E-state index in [1.54, 1.807) is 0 Å². The first-order chi connectivity index (χ1) is 8.20. The smallest absolute Gasteiger partial charge is 0.144 e. The maximum Gasteiger partial charge on any atom is 0.144 e. The zero-order valence-corrected chi connectivity index (χ0v) is 13.0. The molecule has 0 fully saturated rings. The highest BCUT2D eigenvalue weighted by Gasteiger charge is 2.18. The standard InChI is InChI=1S/C15H23NOS/c1-11-7-8-14(9-12(11)2)10-13(3)16-18(17)15(4,5)6/h7-9H,10H2,1-6H3/t18-/m0/s1. The molecule has 18 heavy (non-hydrogen) atoms. The molecule has 0 unspecified atom stereocenters. The molecule has 0 bridgehead atoms. The lowest BCUT2D eigenvalue weighted by Crippen LogP contribution is -2.20. The molecule has 0 radical (unpaired) electrons. The van der Waals surface area contributed by atoms with Crippen LogP contribution in [0.15, 0.2) is 22.6 Å². The second-order valence-electron chi connectivity index (χ2n) is 5.78. The molecule has 1 aromatic rings. The highest BCUT2D eigenvalue weighted by atomic mass is 32.2. The topological polar surface area (TPSA) is 29.4 Å². The van der Waals surface area contributed by atoms with Gasteiger partial charge in [0, 0.05) is 12.1 Å². The summed E-state index contributed by atoms with van der Waals surface area (Å²) in [6, 6.07) is 6.41. The van der Waals surface area contributed by atoms with Crippen molar-refractivity contribution >= 4 is 16.7 Å². The Balaban J connectivity index is 2.81.